The van der Waals surface area contributed by atoms with Crippen molar-refractivity contribution in [1.82, 2.24) is 19.7 Å². The van der Waals surface area contributed by atoms with Crippen LogP contribution in [0.25, 0.3) is 0 Å². The van der Waals surface area contributed by atoms with E-state index in [-0.39, 0.29) is 23.7 Å². The highest BCUT2D eigenvalue weighted by atomic mass is 19.1. The number of carbonyl (C=O) groups is 2. The topological polar surface area (TPSA) is 56.8 Å². The highest BCUT2D eigenvalue weighted by molar-refractivity contribution is 5.90. The minimum atomic E-state index is -0.405. The molecule has 0 aliphatic carbocycles. The molecule has 0 bridgehead atoms. The first-order valence-electron chi connectivity index (χ1n) is 9.96. The summed E-state index contributed by atoms with van der Waals surface area (Å²) in [4.78, 5) is 35.6. The summed E-state index contributed by atoms with van der Waals surface area (Å²) < 4.78 is 13.0. The molecule has 4 heterocycles. The Morgan fingerprint density at radius 3 is 2.63 bits per heavy atom. The van der Waals surface area contributed by atoms with Crippen molar-refractivity contribution in [3.63, 3.8) is 0 Å². The van der Waals surface area contributed by atoms with E-state index in [0.717, 1.165) is 51.8 Å². The fraction of sp³-hybridized carbons (Fsp3) is 0.650. The van der Waals surface area contributed by atoms with Gasteiger partial charge in [0, 0.05) is 38.4 Å². The van der Waals surface area contributed by atoms with Crippen molar-refractivity contribution < 1.29 is 14.0 Å². The number of likely N-dealkylation sites (tertiary alicyclic amines) is 3. The van der Waals surface area contributed by atoms with Gasteiger partial charge in [0.25, 0.3) is 0 Å². The van der Waals surface area contributed by atoms with Crippen molar-refractivity contribution >= 4 is 11.8 Å². The minimum absolute atomic E-state index is 0.0310. The number of piperidine rings is 1. The lowest BCUT2D eigenvalue weighted by Gasteiger charge is -2.53. The maximum atomic E-state index is 13.0. The molecule has 1 atom stereocenters. The van der Waals surface area contributed by atoms with E-state index in [1.165, 1.54) is 18.9 Å². The molecule has 3 fully saturated rings. The molecule has 1 unspecified atom stereocenters. The number of aromatic nitrogens is 1. The lowest BCUT2D eigenvalue weighted by Crippen LogP contribution is -2.68. The molecule has 27 heavy (non-hydrogen) atoms. The fourth-order valence-corrected chi connectivity index (χ4v) is 4.62. The van der Waals surface area contributed by atoms with E-state index in [9.17, 15) is 14.0 Å². The van der Waals surface area contributed by atoms with Crippen LogP contribution in [-0.4, -0.2) is 77.3 Å². The molecular formula is C20H27FN4O2. The smallest absolute Gasteiger partial charge is 0.232 e. The molecule has 0 saturated carbocycles. The van der Waals surface area contributed by atoms with E-state index < -0.39 is 5.82 Å². The Morgan fingerprint density at radius 1 is 1.11 bits per heavy atom. The van der Waals surface area contributed by atoms with Crippen LogP contribution in [0.3, 0.4) is 0 Å². The molecule has 7 heteroatoms. The lowest BCUT2D eigenvalue weighted by molar-refractivity contribution is -0.168. The van der Waals surface area contributed by atoms with E-state index in [2.05, 4.69) is 9.88 Å². The third-order valence-corrected chi connectivity index (χ3v) is 6.17. The molecule has 4 rings (SSSR count). The molecule has 3 saturated heterocycles. The third-order valence-electron chi connectivity index (χ3n) is 6.17. The zero-order chi connectivity index (χ0) is 18.9. The lowest BCUT2D eigenvalue weighted by atomic mass is 9.72. The molecule has 3 aliphatic rings. The SMILES string of the molecule is O=C(Cc1ccc(F)cn1)N1CCCC2(C1)CN(CCN1CCCC1)C2=O. The number of amides is 2. The fourth-order valence-electron chi connectivity index (χ4n) is 4.62. The van der Waals surface area contributed by atoms with Gasteiger partial charge in [0.1, 0.15) is 5.82 Å². The van der Waals surface area contributed by atoms with Crippen LogP contribution in [0, 0.1) is 11.2 Å². The van der Waals surface area contributed by atoms with Crippen molar-refractivity contribution in [3.05, 3.63) is 29.8 Å². The van der Waals surface area contributed by atoms with Crippen LogP contribution in [0.4, 0.5) is 4.39 Å². The van der Waals surface area contributed by atoms with Crippen LogP contribution >= 0.6 is 0 Å². The number of rotatable bonds is 5. The van der Waals surface area contributed by atoms with Crippen LogP contribution in [0.15, 0.2) is 18.3 Å². The van der Waals surface area contributed by atoms with Gasteiger partial charge < -0.3 is 14.7 Å². The number of halogens is 1. The molecule has 0 radical (unpaired) electrons. The van der Waals surface area contributed by atoms with Crippen molar-refractivity contribution in [2.75, 3.05) is 45.8 Å². The highest BCUT2D eigenvalue weighted by Gasteiger charge is 2.54. The van der Waals surface area contributed by atoms with E-state index in [4.69, 9.17) is 0 Å². The molecule has 0 aromatic carbocycles. The zero-order valence-corrected chi connectivity index (χ0v) is 15.7. The first-order chi connectivity index (χ1) is 13.1. The quantitative estimate of drug-likeness (QED) is 0.730. The number of hydrogen-bond donors (Lipinski definition) is 0. The summed E-state index contributed by atoms with van der Waals surface area (Å²) in [6, 6.07) is 2.86. The standard InChI is InChI=1S/C20H27FN4O2/c21-16-4-5-17(22-13-16)12-18(26)24-9-3-6-20(14-24)15-25(19(20)27)11-10-23-7-1-2-8-23/h4-5,13H,1-3,6-12,14-15H2. The summed E-state index contributed by atoms with van der Waals surface area (Å²) in [6.07, 6.45) is 5.53. The Kier molecular flexibility index (Phi) is 5.12. The van der Waals surface area contributed by atoms with Gasteiger partial charge in [-0.05, 0) is 50.9 Å². The van der Waals surface area contributed by atoms with Crippen LogP contribution < -0.4 is 0 Å². The van der Waals surface area contributed by atoms with Crippen LogP contribution in [0.2, 0.25) is 0 Å². The van der Waals surface area contributed by atoms with Gasteiger partial charge in [-0.15, -0.1) is 0 Å². The average molecular weight is 374 g/mol. The summed E-state index contributed by atoms with van der Waals surface area (Å²) in [5.74, 6) is -0.229. The van der Waals surface area contributed by atoms with Gasteiger partial charge in [-0.2, -0.15) is 0 Å². The molecular weight excluding hydrogens is 347 g/mol. The first kappa shape index (κ1) is 18.3. The van der Waals surface area contributed by atoms with Gasteiger partial charge in [0.05, 0.1) is 18.0 Å². The second-order valence-corrected chi connectivity index (χ2v) is 8.12. The highest BCUT2D eigenvalue weighted by Crippen LogP contribution is 2.40. The third kappa shape index (κ3) is 3.83. The summed E-state index contributed by atoms with van der Waals surface area (Å²) in [5.41, 5.74) is 0.183. The maximum Gasteiger partial charge on any atom is 0.232 e. The van der Waals surface area contributed by atoms with Crippen LogP contribution in [0.5, 0.6) is 0 Å². The second kappa shape index (κ2) is 7.54. The van der Waals surface area contributed by atoms with Gasteiger partial charge in [-0.1, -0.05) is 0 Å². The van der Waals surface area contributed by atoms with Crippen LogP contribution in [-0.2, 0) is 16.0 Å². The van der Waals surface area contributed by atoms with Gasteiger partial charge in [0.15, 0.2) is 0 Å². The van der Waals surface area contributed by atoms with Crippen molar-refractivity contribution in [1.29, 1.82) is 0 Å². The summed E-state index contributed by atoms with van der Waals surface area (Å²) in [6.45, 7) is 6.00. The normalized spacial score (nSPS) is 25.9. The predicted molar refractivity (Wildman–Crippen MR) is 98.4 cm³/mol. The Balaban J connectivity index is 1.30. The molecule has 146 valence electrons. The number of pyridine rings is 1. The minimum Gasteiger partial charge on any atom is -0.341 e. The van der Waals surface area contributed by atoms with E-state index in [1.807, 2.05) is 4.90 Å². The summed E-state index contributed by atoms with van der Waals surface area (Å²) in [7, 11) is 0. The van der Waals surface area contributed by atoms with E-state index >= 15 is 0 Å². The van der Waals surface area contributed by atoms with Gasteiger partial charge in [-0.3, -0.25) is 14.6 Å². The molecule has 6 nitrogen and oxygen atoms in total. The molecule has 2 amide bonds. The summed E-state index contributed by atoms with van der Waals surface area (Å²) >= 11 is 0. The summed E-state index contributed by atoms with van der Waals surface area (Å²) in [5, 5.41) is 0. The van der Waals surface area contributed by atoms with Crippen molar-refractivity contribution in [3.8, 4) is 0 Å². The molecule has 1 spiro atoms. The van der Waals surface area contributed by atoms with Crippen molar-refractivity contribution in [2.24, 2.45) is 5.41 Å². The van der Waals surface area contributed by atoms with Gasteiger partial charge in [0.2, 0.25) is 11.8 Å². The number of nitrogens with zero attached hydrogens (tertiary/aromatic N) is 4. The molecule has 0 N–H and O–H groups in total. The van der Waals surface area contributed by atoms with Crippen molar-refractivity contribution in [2.45, 2.75) is 32.1 Å². The van der Waals surface area contributed by atoms with E-state index in [0.29, 0.717) is 18.8 Å². The largest absolute Gasteiger partial charge is 0.341 e. The molecule has 1 aromatic heterocycles. The molecule has 1 aromatic rings. The Bertz CT molecular complexity index is 704. The maximum absolute atomic E-state index is 13.0. The van der Waals surface area contributed by atoms with Crippen LogP contribution in [0.1, 0.15) is 31.4 Å². The Morgan fingerprint density at radius 2 is 1.93 bits per heavy atom. The monoisotopic (exact) mass is 374 g/mol. The predicted octanol–water partition coefficient (Wildman–Crippen LogP) is 1.31. The van der Waals surface area contributed by atoms with Gasteiger partial charge >= 0.3 is 0 Å². The number of carbonyl (C=O) groups excluding carboxylic acids is 2. The zero-order valence-electron chi connectivity index (χ0n) is 15.7. The van der Waals surface area contributed by atoms with E-state index in [1.54, 1.807) is 11.0 Å². The average Bonchev–Trinajstić information content (AvgIpc) is 3.20. The number of hydrogen-bond acceptors (Lipinski definition) is 4. The number of β-lactam (4-membered cyclic amide) rings is 1. The van der Waals surface area contributed by atoms with Gasteiger partial charge in [-0.25, -0.2) is 4.39 Å². The Hall–Kier alpha value is -2.02. The Labute approximate surface area is 159 Å². The molecule has 3 aliphatic heterocycles. The first-order valence-corrected chi connectivity index (χ1v) is 9.96. The second-order valence-electron chi connectivity index (χ2n) is 8.12.